The minimum atomic E-state index is -0.444. The van der Waals surface area contributed by atoms with E-state index in [1.807, 2.05) is 25.1 Å². The largest absolute Gasteiger partial charge is 0.488 e. The zero-order valence-electron chi connectivity index (χ0n) is 9.03. The molecule has 1 N–H and O–H groups in total. The van der Waals surface area contributed by atoms with Gasteiger partial charge in [-0.25, -0.2) is 0 Å². The van der Waals surface area contributed by atoms with Crippen molar-refractivity contribution in [1.82, 2.24) is 0 Å². The standard InChI is InChI=1S/C12H18O2/c1-4-11-6-5-7-12(8-11)14-10(3)9(2)13/h5-10,13H,4H2,1-3H3/t9-,10?/m0/s1. The lowest BCUT2D eigenvalue weighted by molar-refractivity contribution is 0.0604. The lowest BCUT2D eigenvalue weighted by atomic mass is 10.1. The van der Waals surface area contributed by atoms with Crippen molar-refractivity contribution in [2.45, 2.75) is 39.4 Å². The summed E-state index contributed by atoms with van der Waals surface area (Å²) < 4.78 is 5.57. The molecule has 0 saturated heterocycles. The van der Waals surface area contributed by atoms with Crippen molar-refractivity contribution in [3.8, 4) is 5.75 Å². The predicted octanol–water partition coefficient (Wildman–Crippen LogP) is 2.40. The number of hydrogen-bond acceptors (Lipinski definition) is 2. The summed E-state index contributed by atoms with van der Waals surface area (Å²) in [6.07, 6.45) is 0.391. The number of hydrogen-bond donors (Lipinski definition) is 1. The van der Waals surface area contributed by atoms with Crippen LogP contribution in [-0.4, -0.2) is 17.3 Å². The van der Waals surface area contributed by atoms with Crippen LogP contribution in [0.5, 0.6) is 5.75 Å². The van der Waals surface area contributed by atoms with Crippen molar-refractivity contribution in [1.29, 1.82) is 0 Å². The highest BCUT2D eigenvalue weighted by atomic mass is 16.5. The second-order valence-corrected chi connectivity index (χ2v) is 3.56. The maximum Gasteiger partial charge on any atom is 0.121 e. The lowest BCUT2D eigenvalue weighted by Crippen LogP contribution is -2.25. The van der Waals surface area contributed by atoms with Crippen LogP contribution in [0.3, 0.4) is 0 Å². The van der Waals surface area contributed by atoms with Crippen LogP contribution in [0.15, 0.2) is 24.3 Å². The van der Waals surface area contributed by atoms with Gasteiger partial charge in [-0.05, 0) is 38.0 Å². The number of aliphatic hydroxyl groups excluding tert-OH is 1. The summed E-state index contributed by atoms with van der Waals surface area (Å²) in [6.45, 7) is 5.70. The molecule has 2 heteroatoms. The molecule has 78 valence electrons. The van der Waals surface area contributed by atoms with Crippen LogP contribution in [0.2, 0.25) is 0 Å². The first kappa shape index (κ1) is 11.1. The molecule has 0 spiro atoms. The molecule has 0 aromatic heterocycles. The Balaban J connectivity index is 2.66. The SMILES string of the molecule is CCc1cccc(OC(C)[C@H](C)O)c1. The van der Waals surface area contributed by atoms with E-state index >= 15 is 0 Å². The van der Waals surface area contributed by atoms with Crippen molar-refractivity contribution in [2.24, 2.45) is 0 Å². The number of rotatable bonds is 4. The zero-order valence-corrected chi connectivity index (χ0v) is 9.03. The van der Waals surface area contributed by atoms with Gasteiger partial charge in [-0.1, -0.05) is 19.1 Å². The van der Waals surface area contributed by atoms with Gasteiger partial charge in [0.2, 0.25) is 0 Å². The van der Waals surface area contributed by atoms with Gasteiger partial charge in [-0.2, -0.15) is 0 Å². The molecule has 2 nitrogen and oxygen atoms in total. The molecule has 0 amide bonds. The molecule has 0 fully saturated rings. The summed E-state index contributed by atoms with van der Waals surface area (Å²) in [5.41, 5.74) is 1.25. The quantitative estimate of drug-likeness (QED) is 0.797. The molecule has 14 heavy (non-hydrogen) atoms. The molecule has 2 atom stereocenters. The Morgan fingerprint density at radius 3 is 2.64 bits per heavy atom. The highest BCUT2D eigenvalue weighted by molar-refractivity contribution is 5.28. The first-order chi connectivity index (χ1) is 6.63. The van der Waals surface area contributed by atoms with E-state index in [4.69, 9.17) is 4.74 Å². The first-order valence-corrected chi connectivity index (χ1v) is 5.07. The Labute approximate surface area is 85.5 Å². The van der Waals surface area contributed by atoms with Crippen molar-refractivity contribution in [3.63, 3.8) is 0 Å². The Morgan fingerprint density at radius 2 is 2.07 bits per heavy atom. The summed E-state index contributed by atoms with van der Waals surface area (Å²) in [7, 11) is 0. The van der Waals surface area contributed by atoms with Gasteiger partial charge in [0.05, 0.1) is 6.10 Å². The Hall–Kier alpha value is -1.02. The van der Waals surface area contributed by atoms with Gasteiger partial charge in [0.25, 0.3) is 0 Å². The van der Waals surface area contributed by atoms with Crippen LogP contribution >= 0.6 is 0 Å². The van der Waals surface area contributed by atoms with Crippen LogP contribution in [-0.2, 0) is 6.42 Å². The van der Waals surface area contributed by atoms with Crippen LogP contribution in [0, 0.1) is 0 Å². The molecular weight excluding hydrogens is 176 g/mol. The maximum atomic E-state index is 9.28. The predicted molar refractivity (Wildman–Crippen MR) is 57.6 cm³/mol. The van der Waals surface area contributed by atoms with E-state index in [9.17, 15) is 5.11 Å². The summed E-state index contributed by atoms with van der Waals surface area (Å²) in [4.78, 5) is 0. The van der Waals surface area contributed by atoms with Crippen molar-refractivity contribution >= 4 is 0 Å². The molecule has 0 saturated carbocycles. The Morgan fingerprint density at radius 1 is 1.36 bits per heavy atom. The van der Waals surface area contributed by atoms with E-state index < -0.39 is 6.10 Å². The molecule has 0 aliphatic rings. The molecule has 1 rings (SSSR count). The summed E-state index contributed by atoms with van der Waals surface area (Å²) in [5, 5.41) is 9.28. The molecular formula is C12H18O2. The fourth-order valence-electron chi connectivity index (χ4n) is 1.15. The zero-order chi connectivity index (χ0) is 10.6. The van der Waals surface area contributed by atoms with Gasteiger partial charge in [0.1, 0.15) is 11.9 Å². The van der Waals surface area contributed by atoms with Gasteiger partial charge in [0, 0.05) is 0 Å². The van der Waals surface area contributed by atoms with Crippen LogP contribution in [0.1, 0.15) is 26.3 Å². The molecule has 1 aromatic carbocycles. The molecule has 0 bridgehead atoms. The third-order valence-corrected chi connectivity index (χ3v) is 2.31. The van der Waals surface area contributed by atoms with Crippen LogP contribution in [0.25, 0.3) is 0 Å². The first-order valence-electron chi connectivity index (χ1n) is 5.07. The topological polar surface area (TPSA) is 29.5 Å². The summed E-state index contributed by atoms with van der Waals surface area (Å²) in [6, 6.07) is 7.97. The summed E-state index contributed by atoms with van der Waals surface area (Å²) >= 11 is 0. The van der Waals surface area contributed by atoms with E-state index in [0.717, 1.165) is 12.2 Å². The van der Waals surface area contributed by atoms with E-state index in [2.05, 4.69) is 13.0 Å². The highest BCUT2D eigenvalue weighted by Crippen LogP contribution is 2.16. The third-order valence-electron chi connectivity index (χ3n) is 2.31. The highest BCUT2D eigenvalue weighted by Gasteiger charge is 2.09. The average Bonchev–Trinajstić information content (AvgIpc) is 2.18. The maximum absolute atomic E-state index is 9.28. The van der Waals surface area contributed by atoms with Gasteiger partial charge < -0.3 is 9.84 Å². The number of ether oxygens (including phenoxy) is 1. The average molecular weight is 194 g/mol. The van der Waals surface area contributed by atoms with E-state index in [1.54, 1.807) is 6.92 Å². The fraction of sp³-hybridized carbons (Fsp3) is 0.500. The number of aliphatic hydroxyl groups is 1. The second kappa shape index (κ2) is 5.01. The molecule has 0 aliphatic heterocycles. The fourth-order valence-corrected chi connectivity index (χ4v) is 1.15. The van der Waals surface area contributed by atoms with Crippen molar-refractivity contribution < 1.29 is 9.84 Å². The van der Waals surface area contributed by atoms with Gasteiger partial charge >= 0.3 is 0 Å². The molecule has 0 radical (unpaired) electrons. The van der Waals surface area contributed by atoms with Crippen molar-refractivity contribution in [2.75, 3.05) is 0 Å². The second-order valence-electron chi connectivity index (χ2n) is 3.56. The van der Waals surface area contributed by atoms with Crippen LogP contribution in [0.4, 0.5) is 0 Å². The van der Waals surface area contributed by atoms with E-state index in [-0.39, 0.29) is 6.10 Å². The van der Waals surface area contributed by atoms with Gasteiger partial charge in [0.15, 0.2) is 0 Å². The minimum Gasteiger partial charge on any atom is -0.488 e. The van der Waals surface area contributed by atoms with Crippen LogP contribution < -0.4 is 4.74 Å². The van der Waals surface area contributed by atoms with Crippen molar-refractivity contribution in [3.05, 3.63) is 29.8 Å². The smallest absolute Gasteiger partial charge is 0.121 e. The van der Waals surface area contributed by atoms with E-state index in [1.165, 1.54) is 5.56 Å². The molecule has 1 unspecified atom stereocenters. The Kier molecular flexibility index (Phi) is 3.96. The van der Waals surface area contributed by atoms with E-state index in [0.29, 0.717) is 0 Å². The lowest BCUT2D eigenvalue weighted by Gasteiger charge is -2.17. The monoisotopic (exact) mass is 194 g/mol. The molecule has 0 heterocycles. The Bertz CT molecular complexity index is 281. The third kappa shape index (κ3) is 3.04. The normalized spacial score (nSPS) is 14.9. The molecule has 1 aromatic rings. The summed E-state index contributed by atoms with van der Waals surface area (Å²) in [5.74, 6) is 0.831. The van der Waals surface area contributed by atoms with Gasteiger partial charge in [-0.3, -0.25) is 0 Å². The van der Waals surface area contributed by atoms with Gasteiger partial charge in [-0.15, -0.1) is 0 Å². The molecule has 0 aliphatic carbocycles. The number of aryl methyl sites for hydroxylation is 1. The number of benzene rings is 1. The minimum absolute atomic E-state index is 0.165.